The average Bonchev–Trinajstić information content (AvgIpc) is 3.16. The number of amides is 2. The second-order valence-electron chi connectivity index (χ2n) is 9.79. The van der Waals surface area contributed by atoms with Gasteiger partial charge in [0.1, 0.15) is 0 Å². The molecule has 1 N–H and O–H groups in total. The summed E-state index contributed by atoms with van der Waals surface area (Å²) in [6.07, 6.45) is 4.64. The maximum absolute atomic E-state index is 12.7. The van der Waals surface area contributed by atoms with E-state index in [0.717, 1.165) is 26.1 Å². The molecule has 0 aliphatic carbocycles. The summed E-state index contributed by atoms with van der Waals surface area (Å²) in [5.41, 5.74) is -0.622. The predicted molar refractivity (Wildman–Crippen MR) is 109 cm³/mol. The lowest BCUT2D eigenvalue weighted by molar-refractivity contribution is 0.00578. The molecule has 3 fully saturated rings. The summed E-state index contributed by atoms with van der Waals surface area (Å²) in [5, 5.41) is 3.19. The van der Waals surface area contributed by atoms with Crippen molar-refractivity contribution in [2.75, 3.05) is 26.2 Å². The lowest BCUT2D eigenvalue weighted by atomic mass is 9.71. The Morgan fingerprint density at radius 2 is 1.78 bits per heavy atom. The average molecular weight is 379 g/mol. The fourth-order valence-corrected chi connectivity index (χ4v) is 4.51. The summed E-state index contributed by atoms with van der Waals surface area (Å²) < 4.78 is 12.4. The topological polar surface area (TPSA) is 54.0 Å². The maximum Gasteiger partial charge on any atom is 0.463 e. The third-order valence-electron chi connectivity index (χ3n) is 6.99. The van der Waals surface area contributed by atoms with Gasteiger partial charge in [-0.2, -0.15) is 0 Å². The van der Waals surface area contributed by atoms with Crippen LogP contribution in [0.25, 0.3) is 0 Å². The molecule has 3 aliphatic heterocycles. The first kappa shape index (κ1) is 20.9. The van der Waals surface area contributed by atoms with Crippen molar-refractivity contribution in [3.63, 3.8) is 0 Å². The molecule has 0 bridgehead atoms. The molecule has 0 saturated carbocycles. The van der Waals surface area contributed by atoms with Crippen LogP contribution in [0.2, 0.25) is 5.82 Å². The minimum Gasteiger partial charge on any atom is -0.403 e. The highest BCUT2D eigenvalue weighted by Crippen LogP contribution is 2.42. The Bertz CT molecular complexity index is 525. The molecular weight excluding hydrogens is 341 g/mol. The number of likely N-dealkylation sites (tertiary alicyclic amines) is 2. The summed E-state index contributed by atoms with van der Waals surface area (Å²) in [4.78, 5) is 17.2. The molecule has 0 spiro atoms. The van der Waals surface area contributed by atoms with Gasteiger partial charge in [0.25, 0.3) is 0 Å². The van der Waals surface area contributed by atoms with Crippen LogP contribution in [0.15, 0.2) is 0 Å². The van der Waals surface area contributed by atoms with Crippen LogP contribution in [0.5, 0.6) is 0 Å². The van der Waals surface area contributed by atoms with E-state index in [4.69, 9.17) is 9.31 Å². The van der Waals surface area contributed by atoms with E-state index in [0.29, 0.717) is 18.6 Å². The summed E-state index contributed by atoms with van der Waals surface area (Å²) in [7, 11) is -0.220. The zero-order chi connectivity index (χ0) is 19.8. The molecule has 7 heteroatoms. The first-order chi connectivity index (χ1) is 12.6. The summed E-state index contributed by atoms with van der Waals surface area (Å²) >= 11 is 0. The van der Waals surface area contributed by atoms with Gasteiger partial charge >= 0.3 is 13.1 Å². The number of piperidine rings is 1. The fourth-order valence-electron chi connectivity index (χ4n) is 4.51. The Labute approximate surface area is 165 Å². The zero-order valence-electron chi connectivity index (χ0n) is 18.1. The number of carbonyl (C=O) groups excluding carboxylic acids is 1. The number of hydrogen-bond acceptors (Lipinski definition) is 4. The summed E-state index contributed by atoms with van der Waals surface area (Å²) in [6.45, 7) is 16.2. The first-order valence-electron chi connectivity index (χ1n) is 10.7. The largest absolute Gasteiger partial charge is 0.463 e. The van der Waals surface area contributed by atoms with E-state index >= 15 is 0 Å². The van der Waals surface area contributed by atoms with Gasteiger partial charge in [-0.15, -0.1) is 0 Å². The van der Waals surface area contributed by atoms with Crippen molar-refractivity contribution in [1.29, 1.82) is 0 Å². The normalized spacial score (nSPS) is 30.9. The van der Waals surface area contributed by atoms with Crippen molar-refractivity contribution in [2.45, 2.75) is 96.3 Å². The Morgan fingerprint density at radius 3 is 2.41 bits per heavy atom. The van der Waals surface area contributed by atoms with E-state index in [-0.39, 0.29) is 30.2 Å². The van der Waals surface area contributed by atoms with Crippen molar-refractivity contribution in [1.82, 2.24) is 15.1 Å². The molecule has 2 unspecified atom stereocenters. The summed E-state index contributed by atoms with van der Waals surface area (Å²) in [6, 6.07) is 1.05. The predicted octanol–water partition coefficient (Wildman–Crippen LogP) is 3.13. The molecule has 0 aromatic heterocycles. The van der Waals surface area contributed by atoms with Crippen LogP contribution in [0.3, 0.4) is 0 Å². The van der Waals surface area contributed by atoms with E-state index in [9.17, 15) is 4.79 Å². The molecule has 0 aromatic rings. The first-order valence-corrected chi connectivity index (χ1v) is 10.7. The minimum absolute atomic E-state index is 0.0586. The number of hydrogen-bond donors (Lipinski definition) is 1. The molecule has 2 atom stereocenters. The Morgan fingerprint density at radius 1 is 1.11 bits per heavy atom. The van der Waals surface area contributed by atoms with Gasteiger partial charge < -0.3 is 19.5 Å². The van der Waals surface area contributed by atoms with Crippen LogP contribution in [-0.4, -0.2) is 72.4 Å². The Kier molecular flexibility index (Phi) is 6.14. The molecule has 3 heterocycles. The smallest absolute Gasteiger partial charge is 0.403 e. The molecule has 2 amide bonds. The molecular formula is C20H38BN3O3. The van der Waals surface area contributed by atoms with E-state index < -0.39 is 0 Å². The van der Waals surface area contributed by atoms with Crippen molar-refractivity contribution in [3.05, 3.63) is 0 Å². The molecule has 6 nitrogen and oxygen atoms in total. The van der Waals surface area contributed by atoms with E-state index in [1.165, 1.54) is 19.3 Å². The zero-order valence-corrected chi connectivity index (χ0v) is 18.1. The van der Waals surface area contributed by atoms with E-state index in [1.54, 1.807) is 0 Å². The van der Waals surface area contributed by atoms with Crippen LogP contribution in [0, 0.1) is 0 Å². The Balaban J connectivity index is 1.48. The molecule has 27 heavy (non-hydrogen) atoms. The second-order valence-corrected chi connectivity index (χ2v) is 9.79. The highest BCUT2D eigenvalue weighted by molar-refractivity contribution is 6.47. The number of carbonyl (C=O) groups is 1. The van der Waals surface area contributed by atoms with Crippen molar-refractivity contribution < 1.29 is 14.1 Å². The standard InChI is InChI=1S/C20H38BN3O3/c1-15(2)24-11-8-7-9-17(24)13-22-18(25)23-12-10-16(14-23)21-26-19(3,4)20(5,6)27-21/h15-17H,7-14H2,1-6H3,(H,22,25). The quantitative estimate of drug-likeness (QED) is 0.763. The number of urea groups is 1. The van der Waals surface area contributed by atoms with Gasteiger partial charge in [0, 0.05) is 37.5 Å². The van der Waals surface area contributed by atoms with Gasteiger partial charge in [0.2, 0.25) is 0 Å². The van der Waals surface area contributed by atoms with Gasteiger partial charge in [0.05, 0.1) is 11.2 Å². The Hall–Kier alpha value is -0.785. The highest BCUT2D eigenvalue weighted by atomic mass is 16.7. The summed E-state index contributed by atoms with van der Waals surface area (Å²) in [5.74, 6) is 0.249. The van der Waals surface area contributed by atoms with Crippen LogP contribution < -0.4 is 5.32 Å². The van der Waals surface area contributed by atoms with Crippen LogP contribution in [0.4, 0.5) is 4.79 Å². The maximum atomic E-state index is 12.7. The SMILES string of the molecule is CC(C)N1CCCCC1CNC(=O)N1CCC(B2OC(C)(C)C(C)(C)O2)C1. The van der Waals surface area contributed by atoms with Crippen molar-refractivity contribution in [3.8, 4) is 0 Å². The van der Waals surface area contributed by atoms with Crippen molar-refractivity contribution >= 4 is 13.1 Å². The third-order valence-corrected chi connectivity index (χ3v) is 6.99. The van der Waals surface area contributed by atoms with Crippen LogP contribution in [-0.2, 0) is 9.31 Å². The minimum atomic E-state index is -0.311. The number of nitrogens with zero attached hydrogens (tertiary/aromatic N) is 2. The van der Waals surface area contributed by atoms with Gasteiger partial charge in [-0.1, -0.05) is 6.42 Å². The number of rotatable bonds is 4. The van der Waals surface area contributed by atoms with Gasteiger partial charge in [0.15, 0.2) is 0 Å². The van der Waals surface area contributed by atoms with Crippen LogP contribution >= 0.6 is 0 Å². The molecule has 3 saturated heterocycles. The molecule has 154 valence electrons. The van der Waals surface area contributed by atoms with Gasteiger partial charge in [-0.3, -0.25) is 4.90 Å². The number of nitrogens with one attached hydrogen (secondary N) is 1. The second kappa shape index (κ2) is 7.92. The third kappa shape index (κ3) is 4.46. The molecule has 3 rings (SSSR count). The van der Waals surface area contributed by atoms with Gasteiger partial charge in [-0.25, -0.2) is 4.79 Å². The highest BCUT2D eigenvalue weighted by Gasteiger charge is 2.54. The van der Waals surface area contributed by atoms with Crippen molar-refractivity contribution in [2.24, 2.45) is 0 Å². The lowest BCUT2D eigenvalue weighted by Gasteiger charge is -2.38. The van der Waals surface area contributed by atoms with Gasteiger partial charge in [-0.05, 0) is 67.3 Å². The molecule has 3 aliphatic rings. The lowest BCUT2D eigenvalue weighted by Crippen LogP contribution is -2.51. The van der Waals surface area contributed by atoms with E-state index in [1.807, 2.05) is 4.90 Å². The fraction of sp³-hybridized carbons (Fsp3) is 0.950. The monoisotopic (exact) mass is 379 g/mol. The molecule has 0 aromatic carbocycles. The van der Waals surface area contributed by atoms with Crippen LogP contribution in [0.1, 0.15) is 67.2 Å². The van der Waals surface area contributed by atoms with E-state index in [2.05, 4.69) is 51.8 Å². The molecule has 0 radical (unpaired) electrons.